The Labute approximate surface area is 266 Å². The van der Waals surface area contributed by atoms with Crippen LogP contribution in [0.15, 0.2) is 73.3 Å². The normalized spacial score (nSPS) is 15.8. The Morgan fingerprint density at radius 1 is 1.00 bits per heavy atom. The number of carbonyl (C=O) groups is 1. The van der Waals surface area contributed by atoms with Crippen molar-refractivity contribution in [2.45, 2.75) is 51.2 Å². The first-order valence-corrected chi connectivity index (χ1v) is 15.0. The highest BCUT2D eigenvalue weighted by Gasteiger charge is 2.31. The van der Waals surface area contributed by atoms with Crippen molar-refractivity contribution in [3.05, 3.63) is 90.1 Å². The van der Waals surface area contributed by atoms with E-state index in [0.29, 0.717) is 41.3 Å². The number of aryl methyl sites for hydroxylation is 1. The van der Waals surface area contributed by atoms with Gasteiger partial charge in [0.15, 0.2) is 0 Å². The zero-order valence-corrected chi connectivity index (χ0v) is 25.5. The van der Waals surface area contributed by atoms with E-state index in [1.165, 1.54) is 13.3 Å². The Balaban J connectivity index is 1.17. The third kappa shape index (κ3) is 6.91. The number of urea groups is 1. The number of H-pyrrole nitrogens is 1. The van der Waals surface area contributed by atoms with Crippen molar-refractivity contribution in [2.75, 3.05) is 17.3 Å². The molecule has 3 N–H and O–H groups in total. The molecule has 13 nitrogen and oxygen atoms in total. The van der Waals surface area contributed by atoms with E-state index < -0.39 is 0 Å². The van der Waals surface area contributed by atoms with Gasteiger partial charge in [-0.2, -0.15) is 10.4 Å². The summed E-state index contributed by atoms with van der Waals surface area (Å²) in [5.41, 5.74) is 4.95. The van der Waals surface area contributed by atoms with Gasteiger partial charge in [0.05, 0.1) is 18.9 Å². The molecular weight excluding hydrogens is 582 g/mol. The summed E-state index contributed by atoms with van der Waals surface area (Å²) < 4.78 is 5.06. The second-order valence-electron chi connectivity index (χ2n) is 11.0. The highest BCUT2D eigenvalue weighted by molar-refractivity contribution is 5.91. The Bertz CT molecular complexity index is 1810. The number of hydrogen-bond donors (Lipinski definition) is 3. The number of anilines is 2. The van der Waals surface area contributed by atoms with Gasteiger partial charge in [-0.1, -0.05) is 30.3 Å². The van der Waals surface area contributed by atoms with Gasteiger partial charge in [0.1, 0.15) is 23.3 Å². The Kier molecular flexibility index (Phi) is 9.05. The molecule has 0 saturated heterocycles. The molecule has 1 aliphatic carbocycles. The number of nitriles is 1. The van der Waals surface area contributed by atoms with Gasteiger partial charge in [0, 0.05) is 54.0 Å². The van der Waals surface area contributed by atoms with Crippen LogP contribution in [-0.4, -0.2) is 60.3 Å². The molecule has 5 aromatic rings. The number of methoxy groups -OCH3 is 1. The molecule has 232 valence electrons. The molecule has 0 atom stereocenters. The van der Waals surface area contributed by atoms with Gasteiger partial charge >= 0.3 is 12.0 Å². The monoisotopic (exact) mass is 615 g/mol. The average molecular weight is 616 g/mol. The Morgan fingerprint density at radius 2 is 1.76 bits per heavy atom. The predicted molar refractivity (Wildman–Crippen MR) is 172 cm³/mol. The van der Waals surface area contributed by atoms with Gasteiger partial charge in [-0.25, -0.2) is 29.7 Å². The number of nitrogens with zero attached hydrogens (tertiary/aromatic N) is 8. The number of carbonyl (C=O) groups excluding carboxylic acids is 1. The Morgan fingerprint density at radius 3 is 2.41 bits per heavy atom. The molecule has 13 heteroatoms. The molecule has 46 heavy (non-hydrogen) atoms. The zero-order chi connectivity index (χ0) is 31.9. The summed E-state index contributed by atoms with van der Waals surface area (Å²) in [4.78, 5) is 37.6. The number of nitrogens with one attached hydrogen (secondary N) is 3. The highest BCUT2D eigenvalue weighted by atomic mass is 16.5. The number of ether oxygens (including phenoxy) is 1. The van der Waals surface area contributed by atoms with E-state index in [2.05, 4.69) is 46.8 Å². The minimum atomic E-state index is -0.206. The van der Waals surface area contributed by atoms with Crippen LogP contribution in [0.4, 0.5) is 16.6 Å². The fourth-order valence-corrected chi connectivity index (χ4v) is 5.51. The Hall–Kier alpha value is -5.90. The van der Waals surface area contributed by atoms with E-state index in [0.717, 1.165) is 48.1 Å². The van der Waals surface area contributed by atoms with Crippen molar-refractivity contribution < 1.29 is 9.53 Å². The molecule has 0 unspecified atom stereocenters. The predicted octanol–water partition coefficient (Wildman–Crippen LogP) is 5.05. The molecule has 2 amide bonds. The second-order valence-corrected chi connectivity index (χ2v) is 11.0. The van der Waals surface area contributed by atoms with Crippen molar-refractivity contribution in [3.8, 4) is 34.6 Å². The maximum atomic E-state index is 13.7. The molecule has 0 aliphatic heterocycles. The largest absolute Gasteiger partial charge is 0.467 e. The summed E-state index contributed by atoms with van der Waals surface area (Å²) in [5.74, 6) is 1.00. The molecule has 1 fully saturated rings. The topological polar surface area (TPSA) is 171 Å². The van der Waals surface area contributed by atoms with Crippen molar-refractivity contribution >= 4 is 17.8 Å². The first-order valence-electron chi connectivity index (χ1n) is 15.0. The van der Waals surface area contributed by atoms with Gasteiger partial charge in [-0.05, 0) is 56.4 Å². The first-order chi connectivity index (χ1) is 22.5. The maximum absolute atomic E-state index is 13.7. The van der Waals surface area contributed by atoms with E-state index in [1.807, 2.05) is 55.5 Å². The van der Waals surface area contributed by atoms with Crippen molar-refractivity contribution in [2.24, 2.45) is 0 Å². The molecule has 0 bridgehead atoms. The van der Waals surface area contributed by atoms with E-state index in [4.69, 9.17) is 9.72 Å². The summed E-state index contributed by atoms with van der Waals surface area (Å²) in [6, 6.07) is 17.7. The van der Waals surface area contributed by atoms with Crippen LogP contribution in [-0.2, 0) is 6.54 Å². The van der Waals surface area contributed by atoms with Crippen LogP contribution < -0.4 is 20.3 Å². The lowest BCUT2D eigenvalue weighted by molar-refractivity contribution is 0.240. The molecule has 1 saturated carbocycles. The first kappa shape index (κ1) is 30.1. The quantitative estimate of drug-likeness (QED) is 0.204. The minimum Gasteiger partial charge on any atom is -0.467 e. The van der Waals surface area contributed by atoms with Crippen LogP contribution in [0.5, 0.6) is 6.01 Å². The lowest BCUT2D eigenvalue weighted by Gasteiger charge is -2.36. The van der Waals surface area contributed by atoms with Gasteiger partial charge in [-0.3, -0.25) is 10.00 Å². The number of aromatic nitrogens is 7. The summed E-state index contributed by atoms with van der Waals surface area (Å²) in [6.45, 7) is 2.30. The fourth-order valence-electron chi connectivity index (χ4n) is 5.51. The SMILES string of the molecule is COc1ncc(-c2ccc(N(C(=O)NCc3ccccc3)C3CCC(Nc4ncc(C#N)c(-c5cc(C)[nH]n5)n4)CC3)nc2)cn1. The van der Waals surface area contributed by atoms with Crippen molar-refractivity contribution in [1.29, 1.82) is 5.26 Å². The molecule has 0 radical (unpaired) electrons. The third-order valence-electron chi connectivity index (χ3n) is 7.90. The average Bonchev–Trinajstić information content (AvgIpc) is 3.55. The van der Waals surface area contributed by atoms with Crippen LogP contribution in [0.25, 0.3) is 22.5 Å². The van der Waals surface area contributed by atoms with Gasteiger partial charge in [0.2, 0.25) is 5.95 Å². The van der Waals surface area contributed by atoms with Crippen LogP contribution in [0, 0.1) is 18.3 Å². The lowest BCUT2D eigenvalue weighted by Crippen LogP contribution is -2.49. The van der Waals surface area contributed by atoms with E-state index in [-0.39, 0.29) is 18.1 Å². The maximum Gasteiger partial charge on any atom is 0.323 e. The van der Waals surface area contributed by atoms with E-state index >= 15 is 0 Å². The lowest BCUT2D eigenvalue weighted by atomic mass is 9.90. The summed E-state index contributed by atoms with van der Waals surface area (Å²) in [6.07, 6.45) is 9.67. The second kappa shape index (κ2) is 13.8. The van der Waals surface area contributed by atoms with Crippen molar-refractivity contribution in [1.82, 2.24) is 40.4 Å². The van der Waals surface area contributed by atoms with Gasteiger partial charge in [0.25, 0.3) is 0 Å². The van der Waals surface area contributed by atoms with Gasteiger partial charge in [-0.15, -0.1) is 0 Å². The zero-order valence-electron chi connectivity index (χ0n) is 25.5. The standard InChI is InChI=1S/C33H33N11O2/c1-21-14-28(43-42-21)30-24(15-34)18-36-31(41-30)40-26-9-11-27(12-10-26)44(33(45)39-16-22-6-4-3-5-7-22)29-13-8-23(17-35-29)25-19-37-32(46-2)38-20-25/h3-8,13-14,17-20,26-27H,9-12,16H2,1-2H3,(H,39,45)(H,42,43)(H,36,40,41). The third-order valence-corrected chi connectivity index (χ3v) is 7.90. The molecular formula is C33H33N11O2. The molecule has 6 rings (SSSR count). The van der Waals surface area contributed by atoms with Crippen LogP contribution in [0.1, 0.15) is 42.5 Å². The summed E-state index contributed by atoms with van der Waals surface area (Å²) in [7, 11) is 1.52. The summed E-state index contributed by atoms with van der Waals surface area (Å²) in [5, 5.41) is 23.3. The number of hydrogen-bond acceptors (Lipinski definition) is 10. The number of amides is 2. The summed E-state index contributed by atoms with van der Waals surface area (Å²) >= 11 is 0. The molecule has 1 aromatic carbocycles. The van der Waals surface area contributed by atoms with Gasteiger partial charge < -0.3 is 15.4 Å². The molecule has 1 aliphatic rings. The van der Waals surface area contributed by atoms with Crippen molar-refractivity contribution in [3.63, 3.8) is 0 Å². The molecule has 4 heterocycles. The minimum absolute atomic E-state index is 0.0685. The van der Waals surface area contributed by atoms with Crippen LogP contribution in [0.2, 0.25) is 0 Å². The molecule has 4 aromatic heterocycles. The fraction of sp³-hybridized carbons (Fsp3) is 0.273. The number of aromatic amines is 1. The van der Waals surface area contributed by atoms with Crippen LogP contribution >= 0.6 is 0 Å². The number of rotatable bonds is 9. The van der Waals surface area contributed by atoms with E-state index in [9.17, 15) is 10.1 Å². The van der Waals surface area contributed by atoms with Crippen LogP contribution in [0.3, 0.4) is 0 Å². The van der Waals surface area contributed by atoms with E-state index in [1.54, 1.807) is 23.5 Å². The number of pyridine rings is 1. The smallest absolute Gasteiger partial charge is 0.323 e. The molecule has 0 spiro atoms. The highest BCUT2D eigenvalue weighted by Crippen LogP contribution is 2.30. The number of benzene rings is 1.